The van der Waals surface area contributed by atoms with Crippen LogP contribution >= 0.6 is 0 Å². The highest BCUT2D eigenvalue weighted by atomic mass is 16.5. The van der Waals surface area contributed by atoms with E-state index in [9.17, 15) is 15.0 Å². The van der Waals surface area contributed by atoms with Gasteiger partial charge in [-0.25, -0.2) is 4.79 Å². The van der Waals surface area contributed by atoms with Crippen LogP contribution in [0.3, 0.4) is 0 Å². The molecule has 3 rings (SSSR count). The molecule has 34 heavy (non-hydrogen) atoms. The number of hydrogen-bond acceptors (Lipinski definition) is 5. The molecule has 7 nitrogen and oxygen atoms in total. The lowest BCUT2D eigenvalue weighted by Gasteiger charge is -2.35. The molecule has 0 unspecified atom stereocenters. The van der Waals surface area contributed by atoms with Gasteiger partial charge >= 0.3 is 6.03 Å². The molecule has 1 heterocycles. The number of carbonyl (C=O) groups excluding carboxylic acids is 1. The Balaban J connectivity index is 1.96. The number of ether oxygens (including phenoxy) is 2. The third-order valence-corrected chi connectivity index (χ3v) is 6.37. The van der Waals surface area contributed by atoms with Crippen LogP contribution in [0.15, 0.2) is 60.7 Å². The predicted octanol–water partition coefficient (Wildman–Crippen LogP) is 2.74. The average molecular weight is 471 g/mol. The number of aliphatic hydroxyl groups is 2. The van der Waals surface area contributed by atoms with E-state index in [-0.39, 0.29) is 6.03 Å². The lowest BCUT2D eigenvalue weighted by molar-refractivity contribution is -0.0426. The summed E-state index contributed by atoms with van der Waals surface area (Å²) in [4.78, 5) is 17.3. The standard InChI is InChI=1S/C27H38N2O5/c1-3-33-17-15-28-23(19-21-11-7-5-8-12-21)25(30)26(31)24(20-22-13-9-6-10-14-22)29(27(28)32)16-18-34-4-2/h5-14,23-26,30-31H,3-4,15-20H2,1-2H3/t23-,24-,25+,26+/m0/s1. The Morgan fingerprint density at radius 2 is 1.09 bits per heavy atom. The molecule has 7 heteroatoms. The van der Waals surface area contributed by atoms with Crippen molar-refractivity contribution in [1.82, 2.24) is 9.80 Å². The highest BCUT2D eigenvalue weighted by molar-refractivity contribution is 5.76. The summed E-state index contributed by atoms with van der Waals surface area (Å²) in [5.74, 6) is 0. The molecule has 2 aromatic rings. The second kappa shape index (κ2) is 13.4. The van der Waals surface area contributed by atoms with E-state index in [4.69, 9.17) is 9.47 Å². The quantitative estimate of drug-likeness (QED) is 0.466. The summed E-state index contributed by atoms with van der Waals surface area (Å²) < 4.78 is 11.1. The predicted molar refractivity (Wildman–Crippen MR) is 132 cm³/mol. The lowest BCUT2D eigenvalue weighted by atomic mass is 9.91. The Morgan fingerprint density at radius 1 is 0.706 bits per heavy atom. The van der Waals surface area contributed by atoms with Gasteiger partial charge in [0.05, 0.1) is 25.3 Å². The zero-order chi connectivity index (χ0) is 24.3. The van der Waals surface area contributed by atoms with Crippen molar-refractivity contribution in [3.8, 4) is 0 Å². The molecule has 0 bridgehead atoms. The normalized spacial score (nSPS) is 23.2. The summed E-state index contributed by atoms with van der Waals surface area (Å²) in [5.41, 5.74) is 1.99. The van der Waals surface area contributed by atoms with Gasteiger partial charge in [-0.15, -0.1) is 0 Å². The number of nitrogens with zero attached hydrogens (tertiary/aromatic N) is 2. The van der Waals surface area contributed by atoms with E-state index in [1.165, 1.54) is 0 Å². The highest BCUT2D eigenvalue weighted by Gasteiger charge is 2.46. The van der Waals surface area contributed by atoms with E-state index < -0.39 is 24.3 Å². The third-order valence-electron chi connectivity index (χ3n) is 6.37. The van der Waals surface area contributed by atoms with Crippen LogP contribution in [0, 0.1) is 0 Å². The average Bonchev–Trinajstić information content (AvgIpc) is 2.92. The first-order valence-corrected chi connectivity index (χ1v) is 12.2. The van der Waals surface area contributed by atoms with Gasteiger partial charge in [-0.3, -0.25) is 0 Å². The van der Waals surface area contributed by atoms with Gasteiger partial charge in [0.25, 0.3) is 0 Å². The van der Waals surface area contributed by atoms with Crippen molar-refractivity contribution in [2.24, 2.45) is 0 Å². The van der Waals surface area contributed by atoms with Crippen molar-refractivity contribution < 1.29 is 24.5 Å². The van der Waals surface area contributed by atoms with E-state index in [0.29, 0.717) is 52.4 Å². The number of urea groups is 1. The molecule has 2 aromatic carbocycles. The van der Waals surface area contributed by atoms with Crippen molar-refractivity contribution >= 4 is 6.03 Å². The molecule has 2 N–H and O–H groups in total. The van der Waals surface area contributed by atoms with Gasteiger partial charge in [-0.05, 0) is 37.8 Å². The Hall–Kier alpha value is -2.45. The zero-order valence-electron chi connectivity index (χ0n) is 20.3. The Labute approximate surface area is 202 Å². The van der Waals surface area contributed by atoms with Gasteiger partial charge in [-0.2, -0.15) is 0 Å². The van der Waals surface area contributed by atoms with Crippen LogP contribution in [-0.2, 0) is 22.3 Å². The number of hydrogen-bond donors (Lipinski definition) is 2. The van der Waals surface area contributed by atoms with Gasteiger partial charge in [-0.1, -0.05) is 60.7 Å². The summed E-state index contributed by atoms with van der Waals surface area (Å²) in [7, 11) is 0. The molecule has 2 amide bonds. The molecule has 1 aliphatic rings. The maximum absolute atomic E-state index is 13.9. The van der Waals surface area contributed by atoms with E-state index >= 15 is 0 Å². The molecule has 186 valence electrons. The van der Waals surface area contributed by atoms with Crippen LogP contribution in [0.1, 0.15) is 25.0 Å². The second-order valence-corrected chi connectivity index (χ2v) is 8.56. The summed E-state index contributed by atoms with van der Waals surface area (Å²) in [6.07, 6.45) is -1.35. The topological polar surface area (TPSA) is 82.5 Å². The number of aliphatic hydroxyl groups excluding tert-OH is 2. The third kappa shape index (κ3) is 6.79. The lowest BCUT2D eigenvalue weighted by Crippen LogP contribution is -2.52. The monoisotopic (exact) mass is 470 g/mol. The van der Waals surface area contributed by atoms with Crippen molar-refractivity contribution in [2.45, 2.75) is 51.0 Å². The highest BCUT2D eigenvalue weighted by Crippen LogP contribution is 2.27. The molecule has 0 spiro atoms. The summed E-state index contributed by atoms with van der Waals surface area (Å²) >= 11 is 0. The Bertz CT molecular complexity index is 781. The summed E-state index contributed by atoms with van der Waals surface area (Å²) in [5, 5.41) is 22.8. The van der Waals surface area contributed by atoms with E-state index in [2.05, 4.69) is 0 Å². The van der Waals surface area contributed by atoms with Gasteiger partial charge in [0.15, 0.2) is 0 Å². The van der Waals surface area contributed by atoms with Gasteiger partial charge in [0.1, 0.15) is 12.2 Å². The molecule has 1 aliphatic heterocycles. The maximum atomic E-state index is 13.9. The fourth-order valence-corrected chi connectivity index (χ4v) is 4.58. The SMILES string of the molecule is CCOCCN1C(=O)N(CCOCC)[C@@H](Cc2ccccc2)[C@@H](O)[C@H](O)[C@@H]1Cc1ccccc1. The second-order valence-electron chi connectivity index (χ2n) is 8.56. The van der Waals surface area contributed by atoms with Crippen LogP contribution < -0.4 is 0 Å². The minimum absolute atomic E-state index is 0.211. The fraction of sp³-hybridized carbons (Fsp3) is 0.519. The molecular formula is C27H38N2O5. The summed E-state index contributed by atoms with van der Waals surface area (Å²) in [6, 6.07) is 18.2. The fourth-order valence-electron chi connectivity index (χ4n) is 4.58. The first-order chi connectivity index (χ1) is 16.6. The molecule has 0 aliphatic carbocycles. The molecule has 1 fully saturated rings. The van der Waals surface area contributed by atoms with Crippen molar-refractivity contribution in [1.29, 1.82) is 0 Å². The maximum Gasteiger partial charge on any atom is 0.320 e. The zero-order valence-corrected chi connectivity index (χ0v) is 20.3. The Morgan fingerprint density at radius 3 is 1.44 bits per heavy atom. The first kappa shape index (κ1) is 26.2. The van der Waals surface area contributed by atoms with Crippen molar-refractivity contribution in [3.63, 3.8) is 0 Å². The van der Waals surface area contributed by atoms with Crippen molar-refractivity contribution in [3.05, 3.63) is 71.8 Å². The van der Waals surface area contributed by atoms with Gasteiger partial charge in [0, 0.05) is 26.3 Å². The molecule has 0 saturated carbocycles. The first-order valence-electron chi connectivity index (χ1n) is 12.2. The van der Waals surface area contributed by atoms with Gasteiger partial charge < -0.3 is 29.5 Å². The number of rotatable bonds is 12. The van der Waals surface area contributed by atoms with Crippen LogP contribution in [0.4, 0.5) is 4.79 Å². The minimum Gasteiger partial charge on any atom is -0.388 e. The van der Waals surface area contributed by atoms with Gasteiger partial charge in [0.2, 0.25) is 0 Å². The van der Waals surface area contributed by atoms with Crippen LogP contribution in [0.2, 0.25) is 0 Å². The smallest absolute Gasteiger partial charge is 0.320 e. The largest absolute Gasteiger partial charge is 0.388 e. The number of amides is 2. The van der Waals surface area contributed by atoms with Crippen molar-refractivity contribution in [2.75, 3.05) is 39.5 Å². The number of benzene rings is 2. The van der Waals surface area contributed by atoms with E-state index in [1.807, 2.05) is 74.5 Å². The molecular weight excluding hydrogens is 432 g/mol. The van der Waals surface area contributed by atoms with Crippen LogP contribution in [0.25, 0.3) is 0 Å². The molecule has 1 saturated heterocycles. The molecule has 0 aromatic heterocycles. The van der Waals surface area contributed by atoms with Crippen LogP contribution in [-0.4, -0.2) is 89.9 Å². The van der Waals surface area contributed by atoms with Crippen LogP contribution in [0.5, 0.6) is 0 Å². The molecule has 0 radical (unpaired) electrons. The molecule has 4 atom stereocenters. The van der Waals surface area contributed by atoms with E-state index in [0.717, 1.165) is 11.1 Å². The number of carbonyl (C=O) groups is 1. The van der Waals surface area contributed by atoms with E-state index in [1.54, 1.807) is 9.80 Å². The summed E-state index contributed by atoms with van der Waals surface area (Å²) in [6.45, 7) is 6.29. The Kier molecular flexibility index (Phi) is 10.3. The minimum atomic E-state index is -1.11.